The Labute approximate surface area is 120 Å². The van der Waals surface area contributed by atoms with Gasteiger partial charge in [0.05, 0.1) is 0 Å². The van der Waals surface area contributed by atoms with Gasteiger partial charge in [-0.15, -0.1) is 0 Å². The number of nitrogens with zero attached hydrogens (tertiary/aromatic N) is 1. The van der Waals surface area contributed by atoms with Crippen molar-refractivity contribution >= 4 is 16.8 Å². The van der Waals surface area contributed by atoms with Gasteiger partial charge in [-0.05, 0) is 44.3 Å². The number of H-pyrrole nitrogens is 1. The Hall–Kier alpha value is -1.81. The normalized spacial score (nSPS) is 11.2. The van der Waals surface area contributed by atoms with Crippen LogP contribution in [0.15, 0.2) is 30.5 Å². The highest BCUT2D eigenvalue weighted by atomic mass is 16.1. The molecule has 1 amide bonds. The van der Waals surface area contributed by atoms with Crippen molar-refractivity contribution in [2.75, 3.05) is 26.2 Å². The minimum atomic E-state index is 0.00902. The van der Waals surface area contributed by atoms with E-state index in [4.69, 9.17) is 0 Å². The molecule has 1 aromatic heterocycles. The van der Waals surface area contributed by atoms with E-state index in [0.29, 0.717) is 0 Å². The second kappa shape index (κ2) is 7.10. The number of aromatic amines is 1. The van der Waals surface area contributed by atoms with Crippen LogP contribution in [0.4, 0.5) is 0 Å². The zero-order valence-electron chi connectivity index (χ0n) is 12.3. The quantitative estimate of drug-likeness (QED) is 0.762. The summed E-state index contributed by atoms with van der Waals surface area (Å²) in [5.74, 6) is 0.00902. The summed E-state index contributed by atoms with van der Waals surface area (Å²) in [5, 5.41) is 3.99. The molecule has 2 N–H and O–H groups in total. The monoisotopic (exact) mass is 273 g/mol. The van der Waals surface area contributed by atoms with Crippen molar-refractivity contribution in [2.24, 2.45) is 0 Å². The molecule has 4 nitrogen and oxygen atoms in total. The van der Waals surface area contributed by atoms with Crippen LogP contribution in [0.3, 0.4) is 0 Å². The molecular formula is C16H23N3O. The van der Waals surface area contributed by atoms with Crippen LogP contribution >= 0.6 is 0 Å². The second-order valence-electron chi connectivity index (χ2n) is 4.88. The number of benzene rings is 1. The number of carbonyl (C=O) groups excluding carboxylic acids is 1. The fraction of sp³-hybridized carbons (Fsp3) is 0.438. The van der Waals surface area contributed by atoms with E-state index in [-0.39, 0.29) is 5.91 Å². The van der Waals surface area contributed by atoms with E-state index in [1.54, 1.807) is 0 Å². The van der Waals surface area contributed by atoms with Gasteiger partial charge < -0.3 is 15.2 Å². The van der Waals surface area contributed by atoms with Crippen LogP contribution in [0.2, 0.25) is 0 Å². The Morgan fingerprint density at radius 2 is 2.05 bits per heavy atom. The first-order chi connectivity index (χ1) is 9.76. The van der Waals surface area contributed by atoms with Crippen LogP contribution in [-0.2, 0) is 0 Å². The molecule has 0 saturated carbocycles. The molecule has 1 heterocycles. The molecule has 0 aliphatic carbocycles. The SMILES string of the molecule is CCN(CC)CCCNC(=O)c1cccc2[nH]ccc12. The number of hydrogen-bond donors (Lipinski definition) is 2. The molecular weight excluding hydrogens is 250 g/mol. The van der Waals surface area contributed by atoms with Crippen molar-refractivity contribution in [1.82, 2.24) is 15.2 Å². The minimum Gasteiger partial charge on any atom is -0.361 e. The van der Waals surface area contributed by atoms with Crippen LogP contribution in [0, 0.1) is 0 Å². The number of rotatable bonds is 7. The molecule has 0 bridgehead atoms. The van der Waals surface area contributed by atoms with Gasteiger partial charge in [0, 0.05) is 29.2 Å². The van der Waals surface area contributed by atoms with Gasteiger partial charge in [0.1, 0.15) is 0 Å². The Morgan fingerprint density at radius 1 is 1.25 bits per heavy atom. The first kappa shape index (κ1) is 14.6. The Balaban J connectivity index is 1.88. The Morgan fingerprint density at radius 3 is 2.80 bits per heavy atom. The summed E-state index contributed by atoms with van der Waals surface area (Å²) in [4.78, 5) is 17.7. The molecule has 0 aliphatic rings. The molecule has 2 aromatic rings. The number of fused-ring (bicyclic) bond motifs is 1. The Kier molecular flexibility index (Phi) is 5.18. The van der Waals surface area contributed by atoms with Crippen LogP contribution in [0.5, 0.6) is 0 Å². The fourth-order valence-electron chi connectivity index (χ4n) is 2.42. The van der Waals surface area contributed by atoms with Crippen molar-refractivity contribution in [3.8, 4) is 0 Å². The van der Waals surface area contributed by atoms with Gasteiger partial charge in [0.15, 0.2) is 0 Å². The maximum absolute atomic E-state index is 12.2. The van der Waals surface area contributed by atoms with Crippen molar-refractivity contribution in [2.45, 2.75) is 20.3 Å². The summed E-state index contributed by atoms with van der Waals surface area (Å²) in [6, 6.07) is 7.70. The maximum atomic E-state index is 12.2. The van der Waals surface area contributed by atoms with Crippen molar-refractivity contribution in [3.05, 3.63) is 36.0 Å². The lowest BCUT2D eigenvalue weighted by Crippen LogP contribution is -2.29. The van der Waals surface area contributed by atoms with E-state index < -0.39 is 0 Å². The molecule has 0 spiro atoms. The molecule has 0 unspecified atom stereocenters. The van der Waals surface area contributed by atoms with E-state index >= 15 is 0 Å². The van der Waals surface area contributed by atoms with Crippen molar-refractivity contribution in [1.29, 1.82) is 0 Å². The molecule has 108 valence electrons. The highest BCUT2D eigenvalue weighted by Gasteiger charge is 2.09. The second-order valence-corrected chi connectivity index (χ2v) is 4.88. The predicted molar refractivity (Wildman–Crippen MR) is 83.0 cm³/mol. The first-order valence-electron chi connectivity index (χ1n) is 7.33. The lowest BCUT2D eigenvalue weighted by molar-refractivity contribution is 0.0953. The lowest BCUT2D eigenvalue weighted by atomic mass is 10.1. The largest absolute Gasteiger partial charge is 0.361 e. The van der Waals surface area contributed by atoms with Gasteiger partial charge in [0.25, 0.3) is 5.91 Å². The number of nitrogens with one attached hydrogen (secondary N) is 2. The van der Waals surface area contributed by atoms with Gasteiger partial charge in [-0.3, -0.25) is 4.79 Å². The molecule has 0 fully saturated rings. The zero-order valence-corrected chi connectivity index (χ0v) is 12.3. The number of hydrogen-bond acceptors (Lipinski definition) is 2. The number of carbonyl (C=O) groups is 1. The third kappa shape index (κ3) is 3.39. The van der Waals surface area contributed by atoms with Gasteiger partial charge in [-0.25, -0.2) is 0 Å². The average Bonchev–Trinajstić information content (AvgIpc) is 2.95. The molecule has 20 heavy (non-hydrogen) atoms. The van der Waals surface area contributed by atoms with Gasteiger partial charge in [-0.1, -0.05) is 19.9 Å². The van der Waals surface area contributed by atoms with Crippen LogP contribution in [0.25, 0.3) is 10.9 Å². The topological polar surface area (TPSA) is 48.1 Å². The lowest BCUT2D eigenvalue weighted by Gasteiger charge is -2.17. The van der Waals surface area contributed by atoms with Crippen LogP contribution < -0.4 is 5.32 Å². The highest BCUT2D eigenvalue weighted by molar-refractivity contribution is 6.06. The summed E-state index contributed by atoms with van der Waals surface area (Å²) in [7, 11) is 0. The molecule has 0 atom stereocenters. The fourth-order valence-corrected chi connectivity index (χ4v) is 2.42. The van der Waals surface area contributed by atoms with Gasteiger partial charge in [0.2, 0.25) is 0 Å². The van der Waals surface area contributed by atoms with Gasteiger partial charge in [-0.2, -0.15) is 0 Å². The molecule has 2 rings (SSSR count). The summed E-state index contributed by atoms with van der Waals surface area (Å²) >= 11 is 0. The predicted octanol–water partition coefficient (Wildman–Crippen LogP) is 2.63. The third-order valence-corrected chi connectivity index (χ3v) is 3.67. The molecule has 4 heteroatoms. The van der Waals surface area contributed by atoms with E-state index in [0.717, 1.165) is 49.1 Å². The standard InChI is InChI=1S/C16H23N3O/c1-3-19(4-2)12-6-10-18-16(20)14-7-5-8-15-13(14)9-11-17-15/h5,7-9,11,17H,3-4,6,10,12H2,1-2H3,(H,18,20). The summed E-state index contributed by atoms with van der Waals surface area (Å²) < 4.78 is 0. The highest BCUT2D eigenvalue weighted by Crippen LogP contribution is 2.16. The number of amides is 1. The Bertz CT molecular complexity index is 558. The molecule has 0 saturated heterocycles. The van der Waals surface area contributed by atoms with Crippen molar-refractivity contribution < 1.29 is 4.79 Å². The third-order valence-electron chi connectivity index (χ3n) is 3.67. The smallest absolute Gasteiger partial charge is 0.251 e. The maximum Gasteiger partial charge on any atom is 0.251 e. The molecule has 0 radical (unpaired) electrons. The van der Waals surface area contributed by atoms with E-state index in [1.165, 1.54) is 0 Å². The van der Waals surface area contributed by atoms with E-state index in [1.807, 2.05) is 30.5 Å². The minimum absolute atomic E-state index is 0.00902. The molecule has 1 aromatic carbocycles. The van der Waals surface area contributed by atoms with E-state index in [2.05, 4.69) is 29.0 Å². The molecule has 0 aliphatic heterocycles. The summed E-state index contributed by atoms with van der Waals surface area (Å²) in [6.45, 7) is 8.20. The zero-order chi connectivity index (χ0) is 14.4. The summed E-state index contributed by atoms with van der Waals surface area (Å²) in [5.41, 5.74) is 1.74. The van der Waals surface area contributed by atoms with Crippen LogP contribution in [0.1, 0.15) is 30.6 Å². The average molecular weight is 273 g/mol. The number of aromatic nitrogens is 1. The van der Waals surface area contributed by atoms with Gasteiger partial charge >= 0.3 is 0 Å². The first-order valence-corrected chi connectivity index (χ1v) is 7.33. The van der Waals surface area contributed by atoms with Crippen LogP contribution in [-0.4, -0.2) is 42.0 Å². The van der Waals surface area contributed by atoms with E-state index in [9.17, 15) is 4.79 Å². The summed E-state index contributed by atoms with van der Waals surface area (Å²) in [6.07, 6.45) is 2.85. The van der Waals surface area contributed by atoms with Crippen molar-refractivity contribution in [3.63, 3.8) is 0 Å².